The Bertz CT molecular complexity index is 225. The smallest absolute Gasteiger partial charge is 0.0797 e. The van der Waals surface area contributed by atoms with Gasteiger partial charge in [-0.3, -0.25) is 0 Å². The number of hydrogen-bond donors (Lipinski definition) is 2. The average molecular weight is 227 g/mol. The first-order valence-electron chi connectivity index (χ1n) is 6.68. The highest BCUT2D eigenvalue weighted by molar-refractivity contribution is 4.95. The average Bonchev–Trinajstić information content (AvgIpc) is 2.12. The minimum Gasteiger partial charge on any atom is -0.388 e. The lowest BCUT2D eigenvalue weighted by atomic mass is 9.65. The molecule has 2 nitrogen and oxygen atoms in total. The Morgan fingerprint density at radius 1 is 1.31 bits per heavy atom. The Hall–Kier alpha value is -0.0800. The maximum absolute atomic E-state index is 10.6. The summed E-state index contributed by atoms with van der Waals surface area (Å²) in [4.78, 5) is 0. The molecule has 2 atom stereocenters. The SMILES string of the molecule is CC(C)CNCC1(O)CCC(C)(C)CC1C. The van der Waals surface area contributed by atoms with Gasteiger partial charge in [0.15, 0.2) is 0 Å². The highest BCUT2D eigenvalue weighted by Gasteiger charge is 2.41. The molecule has 96 valence electrons. The third kappa shape index (κ3) is 3.74. The van der Waals surface area contributed by atoms with Crippen molar-refractivity contribution in [3.63, 3.8) is 0 Å². The van der Waals surface area contributed by atoms with Crippen molar-refractivity contribution in [2.45, 2.75) is 59.5 Å². The third-order valence-corrected chi connectivity index (χ3v) is 3.99. The Kier molecular flexibility index (Phi) is 4.42. The van der Waals surface area contributed by atoms with E-state index in [1.165, 1.54) is 0 Å². The van der Waals surface area contributed by atoms with Crippen LogP contribution in [0.2, 0.25) is 0 Å². The van der Waals surface area contributed by atoms with Gasteiger partial charge in [-0.25, -0.2) is 0 Å². The molecule has 16 heavy (non-hydrogen) atoms. The fourth-order valence-corrected chi connectivity index (χ4v) is 2.76. The molecule has 0 saturated heterocycles. The van der Waals surface area contributed by atoms with E-state index >= 15 is 0 Å². The molecule has 0 amide bonds. The molecular formula is C14H29NO. The maximum atomic E-state index is 10.6. The molecule has 0 aliphatic heterocycles. The molecule has 2 heteroatoms. The quantitative estimate of drug-likeness (QED) is 0.774. The van der Waals surface area contributed by atoms with Crippen molar-refractivity contribution >= 4 is 0 Å². The van der Waals surface area contributed by atoms with Crippen LogP contribution in [0.5, 0.6) is 0 Å². The zero-order valence-electron chi connectivity index (χ0n) is 11.6. The predicted molar refractivity (Wildman–Crippen MR) is 69.5 cm³/mol. The molecular weight excluding hydrogens is 198 g/mol. The summed E-state index contributed by atoms with van der Waals surface area (Å²) in [5.41, 5.74) is -0.0753. The molecule has 0 heterocycles. The van der Waals surface area contributed by atoms with Crippen molar-refractivity contribution in [2.24, 2.45) is 17.3 Å². The van der Waals surface area contributed by atoms with E-state index < -0.39 is 5.60 Å². The first-order chi connectivity index (χ1) is 7.25. The van der Waals surface area contributed by atoms with Crippen molar-refractivity contribution in [1.29, 1.82) is 0 Å². The van der Waals surface area contributed by atoms with E-state index in [9.17, 15) is 5.11 Å². The summed E-state index contributed by atoms with van der Waals surface area (Å²) >= 11 is 0. The third-order valence-electron chi connectivity index (χ3n) is 3.99. The minimum absolute atomic E-state index is 0.399. The summed E-state index contributed by atoms with van der Waals surface area (Å²) in [7, 11) is 0. The van der Waals surface area contributed by atoms with Crippen LogP contribution in [-0.2, 0) is 0 Å². The highest BCUT2D eigenvalue weighted by Crippen LogP contribution is 2.43. The molecule has 1 fully saturated rings. The number of hydrogen-bond acceptors (Lipinski definition) is 2. The molecule has 0 bridgehead atoms. The van der Waals surface area contributed by atoms with Gasteiger partial charge in [0.1, 0.15) is 0 Å². The second-order valence-corrected chi connectivity index (χ2v) is 6.90. The molecule has 2 unspecified atom stereocenters. The maximum Gasteiger partial charge on any atom is 0.0797 e. The molecule has 0 spiro atoms. The van der Waals surface area contributed by atoms with E-state index in [1.807, 2.05) is 0 Å². The van der Waals surface area contributed by atoms with Gasteiger partial charge in [0.05, 0.1) is 5.60 Å². The van der Waals surface area contributed by atoms with Gasteiger partial charge in [0, 0.05) is 6.54 Å². The summed E-state index contributed by atoms with van der Waals surface area (Å²) < 4.78 is 0. The molecule has 1 saturated carbocycles. The number of nitrogens with one attached hydrogen (secondary N) is 1. The Labute approximate surface area is 101 Å². The van der Waals surface area contributed by atoms with E-state index in [0.717, 1.165) is 32.4 Å². The molecule has 1 rings (SSSR count). The van der Waals surface area contributed by atoms with Crippen molar-refractivity contribution in [1.82, 2.24) is 5.32 Å². The highest BCUT2D eigenvalue weighted by atomic mass is 16.3. The van der Waals surface area contributed by atoms with Crippen molar-refractivity contribution in [3.8, 4) is 0 Å². The van der Waals surface area contributed by atoms with E-state index in [4.69, 9.17) is 0 Å². The normalized spacial score (nSPS) is 34.3. The Balaban J connectivity index is 2.45. The van der Waals surface area contributed by atoms with E-state index in [-0.39, 0.29) is 0 Å². The lowest BCUT2D eigenvalue weighted by Gasteiger charge is -2.45. The van der Waals surface area contributed by atoms with Gasteiger partial charge in [-0.05, 0) is 43.1 Å². The summed E-state index contributed by atoms with van der Waals surface area (Å²) in [5.74, 6) is 1.05. The lowest BCUT2D eigenvalue weighted by Crippen LogP contribution is -2.51. The van der Waals surface area contributed by atoms with Gasteiger partial charge in [0.25, 0.3) is 0 Å². The first kappa shape index (κ1) is 14.0. The minimum atomic E-state index is -0.482. The Morgan fingerprint density at radius 3 is 2.44 bits per heavy atom. The van der Waals surface area contributed by atoms with Crippen LogP contribution in [0.25, 0.3) is 0 Å². The zero-order chi connectivity index (χ0) is 12.4. The van der Waals surface area contributed by atoms with Crippen LogP contribution in [0.3, 0.4) is 0 Å². The molecule has 0 aromatic heterocycles. The van der Waals surface area contributed by atoms with E-state index in [1.54, 1.807) is 0 Å². The topological polar surface area (TPSA) is 32.3 Å². The monoisotopic (exact) mass is 227 g/mol. The van der Waals surface area contributed by atoms with E-state index in [2.05, 4.69) is 39.9 Å². The lowest BCUT2D eigenvalue weighted by molar-refractivity contribution is -0.0692. The second-order valence-electron chi connectivity index (χ2n) is 6.90. The van der Waals surface area contributed by atoms with Crippen molar-refractivity contribution in [2.75, 3.05) is 13.1 Å². The van der Waals surface area contributed by atoms with Gasteiger partial charge >= 0.3 is 0 Å². The molecule has 1 aliphatic carbocycles. The van der Waals surface area contributed by atoms with Gasteiger partial charge < -0.3 is 10.4 Å². The summed E-state index contributed by atoms with van der Waals surface area (Å²) in [6.45, 7) is 13.0. The number of aliphatic hydroxyl groups is 1. The fraction of sp³-hybridized carbons (Fsp3) is 1.00. The first-order valence-corrected chi connectivity index (χ1v) is 6.68. The van der Waals surface area contributed by atoms with Crippen LogP contribution in [0, 0.1) is 17.3 Å². The largest absolute Gasteiger partial charge is 0.388 e. The van der Waals surface area contributed by atoms with Crippen LogP contribution >= 0.6 is 0 Å². The summed E-state index contributed by atoms with van der Waals surface area (Å²) in [6, 6.07) is 0. The summed E-state index contributed by atoms with van der Waals surface area (Å²) in [6.07, 6.45) is 3.20. The molecule has 0 aromatic carbocycles. The molecule has 2 N–H and O–H groups in total. The zero-order valence-corrected chi connectivity index (χ0v) is 11.6. The fourth-order valence-electron chi connectivity index (χ4n) is 2.76. The van der Waals surface area contributed by atoms with Gasteiger partial charge in [-0.1, -0.05) is 34.6 Å². The van der Waals surface area contributed by atoms with Gasteiger partial charge in [0.2, 0.25) is 0 Å². The van der Waals surface area contributed by atoms with Crippen molar-refractivity contribution < 1.29 is 5.11 Å². The Morgan fingerprint density at radius 2 is 1.94 bits per heavy atom. The van der Waals surface area contributed by atoms with Crippen LogP contribution in [0.1, 0.15) is 53.9 Å². The van der Waals surface area contributed by atoms with Crippen LogP contribution < -0.4 is 5.32 Å². The predicted octanol–water partition coefficient (Wildman–Crippen LogP) is 2.81. The number of rotatable bonds is 4. The van der Waals surface area contributed by atoms with Crippen molar-refractivity contribution in [3.05, 3.63) is 0 Å². The molecule has 1 aliphatic rings. The second kappa shape index (κ2) is 5.05. The summed E-state index contributed by atoms with van der Waals surface area (Å²) in [5, 5.41) is 14.0. The van der Waals surface area contributed by atoms with Gasteiger partial charge in [-0.15, -0.1) is 0 Å². The van der Waals surface area contributed by atoms with Crippen LogP contribution in [0.15, 0.2) is 0 Å². The standard InChI is InChI=1S/C14H29NO/c1-11(2)9-15-10-14(16)7-6-13(4,5)8-12(14)3/h11-12,15-16H,6-10H2,1-5H3. The molecule has 0 radical (unpaired) electrons. The van der Waals surface area contributed by atoms with Crippen LogP contribution in [0.4, 0.5) is 0 Å². The van der Waals surface area contributed by atoms with E-state index in [0.29, 0.717) is 17.3 Å². The van der Waals surface area contributed by atoms with Gasteiger partial charge in [-0.2, -0.15) is 0 Å². The van der Waals surface area contributed by atoms with Crippen LogP contribution in [-0.4, -0.2) is 23.8 Å². The molecule has 0 aromatic rings.